The molecule has 0 saturated heterocycles. The third kappa shape index (κ3) is 5.76. The van der Waals surface area contributed by atoms with Crippen molar-refractivity contribution in [2.75, 3.05) is 19.7 Å². The van der Waals surface area contributed by atoms with Crippen molar-refractivity contribution >= 4 is 34.5 Å². The predicted octanol–water partition coefficient (Wildman–Crippen LogP) is 1.39. The summed E-state index contributed by atoms with van der Waals surface area (Å²) < 4.78 is 4.62. The van der Waals surface area contributed by atoms with Crippen LogP contribution in [0.25, 0.3) is 0 Å². The molecule has 15 heavy (non-hydrogen) atoms. The standard InChI is InChI=1S/C10H16INO3/c1-4-6-12(10(14)8(3)11)7-9(13)15-5-2/h4,8H,1,5-7H2,2-3H3. The Bertz CT molecular complexity index is 241. The number of hydrogen-bond acceptors (Lipinski definition) is 3. The smallest absolute Gasteiger partial charge is 0.325 e. The Morgan fingerprint density at radius 1 is 1.60 bits per heavy atom. The topological polar surface area (TPSA) is 46.6 Å². The lowest BCUT2D eigenvalue weighted by molar-refractivity contribution is -0.148. The van der Waals surface area contributed by atoms with E-state index in [1.807, 2.05) is 22.6 Å². The molecule has 1 unspecified atom stereocenters. The van der Waals surface area contributed by atoms with Crippen molar-refractivity contribution in [3.63, 3.8) is 0 Å². The van der Waals surface area contributed by atoms with Crippen molar-refractivity contribution in [3.05, 3.63) is 12.7 Å². The van der Waals surface area contributed by atoms with Crippen molar-refractivity contribution in [1.29, 1.82) is 0 Å². The van der Waals surface area contributed by atoms with Gasteiger partial charge in [0.05, 0.1) is 10.5 Å². The number of esters is 1. The lowest BCUT2D eigenvalue weighted by Crippen LogP contribution is -2.39. The fourth-order valence-corrected chi connectivity index (χ4v) is 1.40. The summed E-state index contributed by atoms with van der Waals surface area (Å²) in [6.45, 7) is 7.75. The summed E-state index contributed by atoms with van der Waals surface area (Å²) in [7, 11) is 0. The van der Waals surface area contributed by atoms with Gasteiger partial charge < -0.3 is 9.64 Å². The molecule has 1 amide bonds. The second kappa shape index (κ2) is 7.67. The van der Waals surface area contributed by atoms with E-state index in [0.717, 1.165) is 0 Å². The highest BCUT2D eigenvalue weighted by Crippen LogP contribution is 2.05. The molecule has 0 rings (SSSR count). The van der Waals surface area contributed by atoms with E-state index < -0.39 is 0 Å². The van der Waals surface area contributed by atoms with Crippen LogP contribution < -0.4 is 0 Å². The quantitative estimate of drug-likeness (QED) is 0.321. The van der Waals surface area contributed by atoms with Crippen LogP contribution in [0.3, 0.4) is 0 Å². The molecule has 86 valence electrons. The molecular formula is C10H16INO3. The zero-order valence-corrected chi connectivity index (χ0v) is 11.2. The van der Waals surface area contributed by atoms with E-state index in [9.17, 15) is 9.59 Å². The maximum Gasteiger partial charge on any atom is 0.325 e. The Morgan fingerprint density at radius 2 is 2.20 bits per heavy atom. The fourth-order valence-electron chi connectivity index (χ4n) is 1.00. The average Bonchev–Trinajstić information content (AvgIpc) is 2.16. The summed E-state index contributed by atoms with van der Waals surface area (Å²) in [5.74, 6) is -0.465. The number of alkyl halides is 1. The van der Waals surface area contributed by atoms with Gasteiger partial charge in [-0.15, -0.1) is 6.58 Å². The Hall–Kier alpha value is -0.590. The maximum atomic E-state index is 11.6. The fraction of sp³-hybridized carbons (Fsp3) is 0.600. The van der Waals surface area contributed by atoms with Crippen LogP contribution in [-0.4, -0.2) is 40.4 Å². The van der Waals surface area contributed by atoms with E-state index in [0.29, 0.717) is 13.2 Å². The number of halogens is 1. The van der Waals surface area contributed by atoms with E-state index in [2.05, 4.69) is 6.58 Å². The van der Waals surface area contributed by atoms with E-state index >= 15 is 0 Å². The van der Waals surface area contributed by atoms with Gasteiger partial charge in [0.2, 0.25) is 5.91 Å². The van der Waals surface area contributed by atoms with Crippen molar-refractivity contribution in [2.45, 2.75) is 17.8 Å². The number of hydrogen-bond donors (Lipinski definition) is 0. The third-order valence-corrected chi connectivity index (χ3v) is 2.16. The van der Waals surface area contributed by atoms with Gasteiger partial charge in [0.15, 0.2) is 0 Å². The summed E-state index contributed by atoms with van der Waals surface area (Å²) >= 11 is 2.01. The lowest BCUT2D eigenvalue weighted by atomic mass is 10.3. The largest absolute Gasteiger partial charge is 0.465 e. The molecule has 0 aliphatic carbocycles. The van der Waals surface area contributed by atoms with Crippen LogP contribution in [0.5, 0.6) is 0 Å². The third-order valence-electron chi connectivity index (χ3n) is 1.63. The van der Waals surface area contributed by atoms with Crippen molar-refractivity contribution in [1.82, 2.24) is 4.90 Å². The van der Waals surface area contributed by atoms with Gasteiger partial charge >= 0.3 is 5.97 Å². The molecule has 4 nitrogen and oxygen atoms in total. The van der Waals surface area contributed by atoms with Gasteiger partial charge in [-0.25, -0.2) is 0 Å². The molecule has 0 fully saturated rings. The average molecular weight is 325 g/mol. The Balaban J connectivity index is 4.33. The lowest BCUT2D eigenvalue weighted by Gasteiger charge is -2.21. The maximum absolute atomic E-state index is 11.6. The number of nitrogens with zero attached hydrogens (tertiary/aromatic N) is 1. The van der Waals surface area contributed by atoms with Crippen molar-refractivity contribution in [2.24, 2.45) is 0 Å². The molecule has 0 aliphatic heterocycles. The van der Waals surface area contributed by atoms with Crippen LogP contribution in [0, 0.1) is 0 Å². The molecule has 0 bridgehead atoms. The van der Waals surface area contributed by atoms with Crippen LogP contribution in [0.4, 0.5) is 0 Å². The summed E-state index contributed by atoms with van der Waals surface area (Å²) in [6, 6.07) is 0. The van der Waals surface area contributed by atoms with Gasteiger partial charge in [-0.05, 0) is 13.8 Å². The van der Waals surface area contributed by atoms with Crippen LogP contribution in [0.15, 0.2) is 12.7 Å². The molecular weight excluding hydrogens is 309 g/mol. The zero-order chi connectivity index (χ0) is 11.8. The number of rotatable bonds is 6. The highest BCUT2D eigenvalue weighted by atomic mass is 127. The second-order valence-electron chi connectivity index (χ2n) is 2.93. The van der Waals surface area contributed by atoms with Crippen molar-refractivity contribution in [3.8, 4) is 0 Å². The summed E-state index contributed by atoms with van der Waals surface area (Å²) in [5, 5.41) is 0. The summed E-state index contributed by atoms with van der Waals surface area (Å²) in [6.07, 6.45) is 1.59. The first-order valence-electron chi connectivity index (χ1n) is 4.72. The van der Waals surface area contributed by atoms with E-state index in [1.165, 1.54) is 4.90 Å². The van der Waals surface area contributed by atoms with Crippen LogP contribution in [-0.2, 0) is 14.3 Å². The van der Waals surface area contributed by atoms with Gasteiger partial charge in [0.25, 0.3) is 0 Å². The SMILES string of the molecule is C=CCN(CC(=O)OCC)C(=O)C(C)I. The molecule has 0 aromatic carbocycles. The first-order chi connectivity index (χ1) is 7.02. The van der Waals surface area contributed by atoms with Crippen LogP contribution in [0.2, 0.25) is 0 Å². The number of carbonyl (C=O) groups is 2. The second-order valence-corrected chi connectivity index (χ2v) is 4.80. The molecule has 0 aliphatic rings. The summed E-state index contributed by atoms with van der Waals surface area (Å²) in [4.78, 5) is 24.3. The first-order valence-corrected chi connectivity index (χ1v) is 5.96. The van der Waals surface area contributed by atoms with E-state index in [1.54, 1.807) is 19.9 Å². The van der Waals surface area contributed by atoms with Gasteiger partial charge in [0.1, 0.15) is 6.54 Å². The highest BCUT2D eigenvalue weighted by molar-refractivity contribution is 14.1. The molecule has 0 radical (unpaired) electrons. The van der Waals surface area contributed by atoms with E-state index in [-0.39, 0.29) is 22.3 Å². The van der Waals surface area contributed by atoms with Gasteiger partial charge in [-0.2, -0.15) is 0 Å². The normalized spacial score (nSPS) is 11.7. The minimum atomic E-state index is -0.384. The molecule has 0 aromatic heterocycles. The van der Waals surface area contributed by atoms with Gasteiger partial charge in [0, 0.05) is 6.54 Å². The Kier molecular flexibility index (Phi) is 7.37. The molecule has 1 atom stereocenters. The van der Waals surface area contributed by atoms with Crippen LogP contribution >= 0.6 is 22.6 Å². The molecule has 0 saturated carbocycles. The highest BCUT2D eigenvalue weighted by Gasteiger charge is 2.19. The van der Waals surface area contributed by atoms with Gasteiger partial charge in [-0.3, -0.25) is 9.59 Å². The molecule has 5 heteroatoms. The summed E-state index contributed by atoms with van der Waals surface area (Å²) in [5.41, 5.74) is 0. The van der Waals surface area contributed by atoms with Crippen molar-refractivity contribution < 1.29 is 14.3 Å². The molecule has 0 aromatic rings. The molecule has 0 N–H and O–H groups in total. The molecule has 0 spiro atoms. The molecule has 0 heterocycles. The Morgan fingerprint density at radius 3 is 2.60 bits per heavy atom. The minimum absolute atomic E-state index is 0.00790. The number of carbonyl (C=O) groups excluding carboxylic acids is 2. The number of amides is 1. The van der Waals surface area contributed by atoms with E-state index in [4.69, 9.17) is 4.74 Å². The van der Waals surface area contributed by atoms with Gasteiger partial charge in [-0.1, -0.05) is 28.7 Å². The monoisotopic (exact) mass is 325 g/mol. The van der Waals surface area contributed by atoms with Crippen LogP contribution in [0.1, 0.15) is 13.8 Å². The zero-order valence-electron chi connectivity index (χ0n) is 9.03. The first kappa shape index (κ1) is 14.4. The predicted molar refractivity (Wildman–Crippen MR) is 66.9 cm³/mol. The Labute approximate surface area is 104 Å². The minimum Gasteiger partial charge on any atom is -0.465 e. The number of ether oxygens (including phenoxy) is 1.